The molecule has 1 fully saturated rings. The van der Waals surface area contributed by atoms with Crippen LogP contribution in [0.25, 0.3) is 0 Å². The van der Waals surface area contributed by atoms with Crippen LogP contribution in [0.15, 0.2) is 18.2 Å². The summed E-state index contributed by atoms with van der Waals surface area (Å²) in [5.74, 6) is -0.736. The summed E-state index contributed by atoms with van der Waals surface area (Å²) < 4.78 is 26.9. The van der Waals surface area contributed by atoms with Crippen molar-refractivity contribution >= 4 is 0 Å². The lowest BCUT2D eigenvalue weighted by Gasteiger charge is -2.23. The van der Waals surface area contributed by atoms with Crippen molar-refractivity contribution in [1.82, 2.24) is 10.2 Å². The molecule has 106 valence electrons. The number of hydrogen-bond acceptors (Lipinski definition) is 2. The number of nitrogens with one attached hydrogen (secondary N) is 1. The predicted molar refractivity (Wildman–Crippen MR) is 73.0 cm³/mol. The molecule has 0 aromatic heterocycles. The van der Waals surface area contributed by atoms with Gasteiger partial charge in [-0.15, -0.1) is 0 Å². The Bertz CT molecular complexity index is 434. The Hall–Kier alpha value is -1.00. The van der Waals surface area contributed by atoms with Gasteiger partial charge in [0, 0.05) is 30.2 Å². The zero-order valence-corrected chi connectivity index (χ0v) is 11.8. The Kier molecular flexibility index (Phi) is 4.53. The molecule has 1 aromatic rings. The summed E-state index contributed by atoms with van der Waals surface area (Å²) in [6.07, 6.45) is 1.06. The Morgan fingerprint density at radius 3 is 2.63 bits per heavy atom. The highest BCUT2D eigenvalue weighted by Gasteiger charge is 2.25. The van der Waals surface area contributed by atoms with Gasteiger partial charge in [-0.05, 0) is 51.9 Å². The van der Waals surface area contributed by atoms with Gasteiger partial charge in [0.2, 0.25) is 0 Å². The Labute approximate surface area is 113 Å². The summed E-state index contributed by atoms with van der Waals surface area (Å²) in [6, 6.07) is 4.34. The van der Waals surface area contributed by atoms with Crippen molar-refractivity contribution in [3.05, 3.63) is 35.4 Å². The van der Waals surface area contributed by atoms with E-state index in [2.05, 4.69) is 24.1 Å². The van der Waals surface area contributed by atoms with Crippen molar-refractivity contribution in [2.24, 2.45) is 0 Å². The average Bonchev–Trinajstić information content (AvgIpc) is 2.80. The predicted octanol–water partition coefficient (Wildman–Crippen LogP) is 3.10. The van der Waals surface area contributed by atoms with Crippen LogP contribution in [0.1, 0.15) is 38.8 Å². The molecular formula is C15H22F2N2. The maximum atomic E-state index is 13.7. The summed E-state index contributed by atoms with van der Waals surface area (Å²) in [6.45, 7) is 8.28. The first-order valence-electron chi connectivity index (χ1n) is 6.92. The summed E-state index contributed by atoms with van der Waals surface area (Å²) in [7, 11) is 0. The van der Waals surface area contributed by atoms with Gasteiger partial charge in [-0.2, -0.15) is 0 Å². The molecule has 2 rings (SSSR count). The minimum absolute atomic E-state index is 0.173. The van der Waals surface area contributed by atoms with Crippen LogP contribution in [0, 0.1) is 11.6 Å². The lowest BCUT2D eigenvalue weighted by atomic mass is 10.1. The minimum atomic E-state index is -0.389. The standard InChI is InChI=1S/C15H22F2N2/c1-10(2)19-7-6-13(9-19)18-11(3)14-8-12(16)4-5-15(14)17/h4-5,8,10-11,13,18H,6-7,9H2,1-3H3. The van der Waals surface area contributed by atoms with Gasteiger partial charge in [-0.25, -0.2) is 8.78 Å². The first kappa shape index (κ1) is 14.4. The fraction of sp³-hybridized carbons (Fsp3) is 0.600. The second kappa shape index (κ2) is 5.97. The van der Waals surface area contributed by atoms with Crippen LogP contribution in [-0.2, 0) is 0 Å². The Morgan fingerprint density at radius 2 is 2.00 bits per heavy atom. The van der Waals surface area contributed by atoms with Crippen molar-refractivity contribution in [1.29, 1.82) is 0 Å². The third-order valence-corrected chi connectivity index (χ3v) is 3.86. The van der Waals surface area contributed by atoms with E-state index in [1.807, 2.05) is 6.92 Å². The summed E-state index contributed by atoms with van der Waals surface area (Å²) in [4.78, 5) is 2.40. The quantitative estimate of drug-likeness (QED) is 0.902. The monoisotopic (exact) mass is 268 g/mol. The van der Waals surface area contributed by atoms with Gasteiger partial charge in [0.05, 0.1) is 0 Å². The number of rotatable bonds is 4. The first-order valence-corrected chi connectivity index (χ1v) is 6.92. The zero-order chi connectivity index (χ0) is 14.0. The van der Waals surface area contributed by atoms with E-state index in [-0.39, 0.29) is 17.7 Å². The fourth-order valence-electron chi connectivity index (χ4n) is 2.68. The molecule has 1 aromatic carbocycles. The maximum Gasteiger partial charge on any atom is 0.128 e. The highest BCUT2D eigenvalue weighted by molar-refractivity contribution is 5.22. The SMILES string of the molecule is CC(NC1CCN(C(C)C)C1)c1cc(F)ccc1F. The van der Waals surface area contributed by atoms with E-state index in [1.54, 1.807) is 0 Å². The van der Waals surface area contributed by atoms with Crippen LogP contribution in [-0.4, -0.2) is 30.1 Å². The average molecular weight is 268 g/mol. The molecule has 0 saturated carbocycles. The minimum Gasteiger partial charge on any atom is -0.306 e. The zero-order valence-electron chi connectivity index (χ0n) is 11.8. The number of likely N-dealkylation sites (tertiary alicyclic amines) is 1. The van der Waals surface area contributed by atoms with E-state index in [9.17, 15) is 8.78 Å². The van der Waals surface area contributed by atoms with Gasteiger partial charge in [0.1, 0.15) is 11.6 Å². The van der Waals surface area contributed by atoms with Crippen LogP contribution in [0.2, 0.25) is 0 Å². The second-order valence-electron chi connectivity index (χ2n) is 5.63. The number of benzene rings is 1. The molecule has 0 spiro atoms. The van der Waals surface area contributed by atoms with Crippen LogP contribution >= 0.6 is 0 Å². The van der Waals surface area contributed by atoms with Gasteiger partial charge < -0.3 is 5.32 Å². The van der Waals surface area contributed by atoms with Gasteiger partial charge in [-0.3, -0.25) is 4.90 Å². The maximum absolute atomic E-state index is 13.7. The summed E-state index contributed by atoms with van der Waals surface area (Å²) in [5.41, 5.74) is 0.406. The van der Waals surface area contributed by atoms with E-state index >= 15 is 0 Å². The normalized spacial score (nSPS) is 22.1. The van der Waals surface area contributed by atoms with Gasteiger partial charge in [0.15, 0.2) is 0 Å². The lowest BCUT2D eigenvalue weighted by Crippen LogP contribution is -2.36. The van der Waals surface area contributed by atoms with Crippen LogP contribution in [0.4, 0.5) is 8.78 Å². The molecule has 1 saturated heterocycles. The van der Waals surface area contributed by atoms with E-state index in [0.29, 0.717) is 17.6 Å². The third-order valence-electron chi connectivity index (χ3n) is 3.86. The number of hydrogen-bond donors (Lipinski definition) is 1. The molecule has 0 aliphatic carbocycles. The first-order chi connectivity index (χ1) is 8.97. The van der Waals surface area contributed by atoms with Gasteiger partial charge in [-0.1, -0.05) is 0 Å². The molecule has 0 bridgehead atoms. The van der Waals surface area contributed by atoms with Crippen LogP contribution < -0.4 is 5.32 Å². The highest BCUT2D eigenvalue weighted by Crippen LogP contribution is 2.21. The molecule has 2 atom stereocenters. The molecule has 0 amide bonds. The summed E-state index contributed by atoms with van der Waals surface area (Å²) >= 11 is 0. The molecule has 1 heterocycles. The smallest absolute Gasteiger partial charge is 0.128 e. The van der Waals surface area contributed by atoms with Gasteiger partial charge >= 0.3 is 0 Å². The molecule has 2 unspecified atom stereocenters. The largest absolute Gasteiger partial charge is 0.306 e. The van der Waals surface area contributed by atoms with Crippen molar-refractivity contribution in [2.75, 3.05) is 13.1 Å². The molecule has 19 heavy (non-hydrogen) atoms. The molecule has 1 aliphatic heterocycles. The fourth-order valence-corrected chi connectivity index (χ4v) is 2.68. The Balaban J connectivity index is 1.98. The van der Waals surface area contributed by atoms with Crippen molar-refractivity contribution < 1.29 is 8.78 Å². The number of halogens is 2. The van der Waals surface area contributed by atoms with Crippen molar-refractivity contribution in [3.63, 3.8) is 0 Å². The topological polar surface area (TPSA) is 15.3 Å². The van der Waals surface area contributed by atoms with E-state index in [4.69, 9.17) is 0 Å². The lowest BCUT2D eigenvalue weighted by molar-refractivity contribution is 0.265. The Morgan fingerprint density at radius 1 is 1.26 bits per heavy atom. The van der Waals surface area contributed by atoms with Crippen molar-refractivity contribution in [3.8, 4) is 0 Å². The van der Waals surface area contributed by atoms with Crippen LogP contribution in [0.3, 0.4) is 0 Å². The molecule has 4 heteroatoms. The second-order valence-corrected chi connectivity index (χ2v) is 5.63. The van der Waals surface area contributed by atoms with E-state index in [1.165, 1.54) is 12.1 Å². The third kappa shape index (κ3) is 3.51. The van der Waals surface area contributed by atoms with Gasteiger partial charge in [0.25, 0.3) is 0 Å². The van der Waals surface area contributed by atoms with Crippen LogP contribution in [0.5, 0.6) is 0 Å². The van der Waals surface area contributed by atoms with E-state index in [0.717, 1.165) is 25.6 Å². The molecule has 0 radical (unpaired) electrons. The molecular weight excluding hydrogens is 246 g/mol. The molecule has 2 nitrogen and oxygen atoms in total. The number of nitrogens with zero attached hydrogens (tertiary/aromatic N) is 1. The summed E-state index contributed by atoms with van der Waals surface area (Å²) in [5, 5.41) is 3.40. The molecule has 1 aliphatic rings. The highest BCUT2D eigenvalue weighted by atomic mass is 19.1. The molecule has 1 N–H and O–H groups in total. The van der Waals surface area contributed by atoms with E-state index < -0.39 is 0 Å². The van der Waals surface area contributed by atoms with Crippen molar-refractivity contribution in [2.45, 2.75) is 45.3 Å².